The highest BCUT2D eigenvalue weighted by Gasteiger charge is 2.19. The highest BCUT2D eigenvalue weighted by molar-refractivity contribution is 7.99. The predicted molar refractivity (Wildman–Crippen MR) is 117 cm³/mol. The third-order valence-corrected chi connectivity index (χ3v) is 5.69. The van der Waals surface area contributed by atoms with Gasteiger partial charge in [0.25, 0.3) is 11.8 Å². The Morgan fingerprint density at radius 2 is 1.79 bits per heavy atom. The molecule has 2 amide bonds. The average molecular weight is 415 g/mol. The Labute approximate surface area is 175 Å². The third-order valence-electron chi connectivity index (χ3n) is 4.75. The average Bonchev–Trinajstić information content (AvgIpc) is 2.75. The number of methoxy groups -OCH3 is 1. The van der Waals surface area contributed by atoms with E-state index in [4.69, 9.17) is 9.47 Å². The minimum absolute atomic E-state index is 0.0442. The zero-order valence-electron chi connectivity index (χ0n) is 17.0. The van der Waals surface area contributed by atoms with Gasteiger partial charge >= 0.3 is 0 Å². The molecule has 0 aromatic heterocycles. The first kappa shape index (κ1) is 21.0. The number of rotatable bonds is 6. The molecule has 1 aliphatic heterocycles. The van der Waals surface area contributed by atoms with Gasteiger partial charge in [0, 0.05) is 41.4 Å². The second-order valence-corrected chi connectivity index (χ2v) is 7.91. The van der Waals surface area contributed by atoms with E-state index in [-0.39, 0.29) is 11.8 Å². The van der Waals surface area contributed by atoms with Crippen LogP contribution in [-0.2, 0) is 0 Å². The lowest BCUT2D eigenvalue weighted by Crippen LogP contribution is -2.37. The van der Waals surface area contributed by atoms with Crippen LogP contribution in [0.3, 0.4) is 0 Å². The number of carbonyl (C=O) groups excluding carboxylic acids is 2. The number of benzene rings is 2. The lowest BCUT2D eigenvalue weighted by molar-refractivity contribution is 0.0772. The summed E-state index contributed by atoms with van der Waals surface area (Å²) in [4.78, 5) is 27.3. The number of hydrogen-bond acceptors (Lipinski definition) is 5. The molecule has 1 fully saturated rings. The molecule has 0 unspecified atom stereocenters. The Kier molecular flexibility index (Phi) is 7.04. The van der Waals surface area contributed by atoms with Crippen molar-refractivity contribution >= 4 is 29.3 Å². The number of nitrogens with one attached hydrogen (secondary N) is 1. The Bertz CT molecular complexity index is 894. The molecule has 0 saturated carbocycles. The number of amides is 2. The van der Waals surface area contributed by atoms with Gasteiger partial charge in [0.2, 0.25) is 0 Å². The summed E-state index contributed by atoms with van der Waals surface area (Å²) < 4.78 is 10.8. The third kappa shape index (κ3) is 5.03. The lowest BCUT2D eigenvalue weighted by Gasteiger charge is -2.26. The molecule has 0 radical (unpaired) electrons. The Morgan fingerprint density at radius 3 is 2.45 bits per heavy atom. The Balaban J connectivity index is 1.74. The van der Waals surface area contributed by atoms with Crippen LogP contribution in [0.4, 0.5) is 5.69 Å². The van der Waals surface area contributed by atoms with Crippen LogP contribution in [0, 0.1) is 6.92 Å². The van der Waals surface area contributed by atoms with Crippen molar-refractivity contribution in [1.29, 1.82) is 0 Å². The van der Waals surface area contributed by atoms with Crippen molar-refractivity contribution in [2.24, 2.45) is 0 Å². The van der Waals surface area contributed by atoms with E-state index in [1.165, 1.54) is 0 Å². The molecule has 1 heterocycles. The van der Waals surface area contributed by atoms with Gasteiger partial charge in [-0.05, 0) is 55.8 Å². The van der Waals surface area contributed by atoms with Crippen molar-refractivity contribution in [1.82, 2.24) is 4.90 Å². The van der Waals surface area contributed by atoms with Crippen LogP contribution < -0.4 is 14.8 Å². The molecule has 154 valence electrons. The van der Waals surface area contributed by atoms with Crippen LogP contribution in [0.2, 0.25) is 0 Å². The van der Waals surface area contributed by atoms with Crippen LogP contribution in [0.15, 0.2) is 36.4 Å². The SMILES string of the molecule is CCOc1cc(C(=O)Nc2ccc(C(=O)N3CCSCC3)cc2C)ccc1OC. The van der Waals surface area contributed by atoms with E-state index in [0.29, 0.717) is 34.9 Å². The summed E-state index contributed by atoms with van der Waals surface area (Å²) in [6.45, 7) is 5.80. The molecule has 0 atom stereocenters. The van der Waals surface area contributed by atoms with Gasteiger partial charge in [-0.1, -0.05) is 0 Å². The maximum Gasteiger partial charge on any atom is 0.255 e. The first-order valence-corrected chi connectivity index (χ1v) is 10.8. The van der Waals surface area contributed by atoms with Gasteiger partial charge < -0.3 is 19.7 Å². The topological polar surface area (TPSA) is 67.9 Å². The molecule has 6 nitrogen and oxygen atoms in total. The van der Waals surface area contributed by atoms with E-state index in [1.807, 2.05) is 36.6 Å². The highest BCUT2D eigenvalue weighted by Crippen LogP contribution is 2.28. The van der Waals surface area contributed by atoms with E-state index in [2.05, 4.69) is 5.32 Å². The first-order chi connectivity index (χ1) is 14.0. The van der Waals surface area contributed by atoms with Crippen molar-refractivity contribution in [2.75, 3.05) is 43.6 Å². The quantitative estimate of drug-likeness (QED) is 0.778. The fourth-order valence-electron chi connectivity index (χ4n) is 3.17. The molecular formula is C22H26N2O4S. The summed E-state index contributed by atoms with van der Waals surface area (Å²) in [5.41, 5.74) is 2.64. The zero-order valence-corrected chi connectivity index (χ0v) is 17.8. The minimum atomic E-state index is -0.246. The van der Waals surface area contributed by atoms with E-state index in [1.54, 1.807) is 37.4 Å². The minimum Gasteiger partial charge on any atom is -0.493 e. The smallest absolute Gasteiger partial charge is 0.255 e. The van der Waals surface area contributed by atoms with Crippen molar-refractivity contribution in [2.45, 2.75) is 13.8 Å². The number of anilines is 1. The monoisotopic (exact) mass is 414 g/mol. The fraction of sp³-hybridized carbons (Fsp3) is 0.364. The van der Waals surface area contributed by atoms with Gasteiger partial charge in [-0.3, -0.25) is 9.59 Å². The van der Waals surface area contributed by atoms with Gasteiger partial charge in [0.15, 0.2) is 11.5 Å². The molecule has 29 heavy (non-hydrogen) atoms. The number of hydrogen-bond donors (Lipinski definition) is 1. The summed E-state index contributed by atoms with van der Waals surface area (Å²) in [5.74, 6) is 2.86. The van der Waals surface area contributed by atoms with Gasteiger partial charge in [-0.15, -0.1) is 0 Å². The Hall–Kier alpha value is -2.67. The maximum atomic E-state index is 12.7. The van der Waals surface area contributed by atoms with Crippen LogP contribution in [0.1, 0.15) is 33.2 Å². The van der Waals surface area contributed by atoms with Crippen molar-refractivity contribution < 1.29 is 19.1 Å². The summed E-state index contributed by atoms with van der Waals surface area (Å²) in [7, 11) is 1.56. The molecular weight excluding hydrogens is 388 g/mol. The number of aryl methyl sites for hydroxylation is 1. The summed E-state index contributed by atoms with van der Waals surface area (Å²) >= 11 is 1.87. The molecule has 1 saturated heterocycles. The molecule has 2 aromatic rings. The highest BCUT2D eigenvalue weighted by atomic mass is 32.2. The molecule has 1 aliphatic rings. The molecule has 0 bridgehead atoms. The largest absolute Gasteiger partial charge is 0.493 e. The van der Waals surface area contributed by atoms with Gasteiger partial charge in [0.05, 0.1) is 13.7 Å². The second kappa shape index (κ2) is 9.69. The van der Waals surface area contributed by atoms with Crippen LogP contribution in [0.25, 0.3) is 0 Å². The zero-order chi connectivity index (χ0) is 20.8. The van der Waals surface area contributed by atoms with Crippen LogP contribution in [-0.4, -0.2) is 55.0 Å². The van der Waals surface area contributed by atoms with Crippen LogP contribution >= 0.6 is 11.8 Å². The van der Waals surface area contributed by atoms with Gasteiger partial charge in [-0.2, -0.15) is 11.8 Å². The molecule has 0 aliphatic carbocycles. The van der Waals surface area contributed by atoms with E-state index >= 15 is 0 Å². The number of nitrogens with zero attached hydrogens (tertiary/aromatic N) is 1. The van der Waals surface area contributed by atoms with E-state index < -0.39 is 0 Å². The molecule has 1 N–H and O–H groups in total. The predicted octanol–water partition coefficient (Wildman–Crippen LogP) is 3.84. The normalized spacial score (nSPS) is 13.7. The maximum absolute atomic E-state index is 12.7. The summed E-state index contributed by atoms with van der Waals surface area (Å²) in [5, 5.41) is 2.92. The lowest BCUT2D eigenvalue weighted by atomic mass is 10.1. The van der Waals surface area contributed by atoms with Crippen molar-refractivity contribution in [3.05, 3.63) is 53.1 Å². The number of carbonyl (C=O) groups is 2. The van der Waals surface area contributed by atoms with Crippen molar-refractivity contribution in [3.8, 4) is 11.5 Å². The number of ether oxygens (including phenoxy) is 2. The molecule has 2 aromatic carbocycles. The summed E-state index contributed by atoms with van der Waals surface area (Å²) in [6.07, 6.45) is 0. The Morgan fingerprint density at radius 1 is 1.07 bits per heavy atom. The van der Waals surface area contributed by atoms with Gasteiger partial charge in [-0.25, -0.2) is 0 Å². The van der Waals surface area contributed by atoms with E-state index in [0.717, 1.165) is 30.2 Å². The van der Waals surface area contributed by atoms with E-state index in [9.17, 15) is 9.59 Å². The van der Waals surface area contributed by atoms with Gasteiger partial charge in [0.1, 0.15) is 0 Å². The standard InChI is InChI=1S/C22H26N2O4S/c1-4-28-20-14-16(6-8-19(20)27-3)21(25)23-18-7-5-17(13-15(18)2)22(26)24-9-11-29-12-10-24/h5-8,13-14H,4,9-12H2,1-3H3,(H,23,25). The molecule has 3 rings (SSSR count). The summed E-state index contributed by atoms with van der Waals surface area (Å²) in [6, 6.07) is 10.5. The molecule has 7 heteroatoms. The van der Waals surface area contributed by atoms with Crippen molar-refractivity contribution in [3.63, 3.8) is 0 Å². The fourth-order valence-corrected chi connectivity index (χ4v) is 4.07. The molecule has 0 spiro atoms. The van der Waals surface area contributed by atoms with Crippen LogP contribution in [0.5, 0.6) is 11.5 Å². The second-order valence-electron chi connectivity index (χ2n) is 6.69. The number of thioether (sulfide) groups is 1. The first-order valence-electron chi connectivity index (χ1n) is 9.63.